The van der Waals surface area contributed by atoms with Crippen LogP contribution in [-0.2, 0) is 13.1 Å². The van der Waals surface area contributed by atoms with Crippen LogP contribution < -0.4 is 5.32 Å². The van der Waals surface area contributed by atoms with Crippen LogP contribution in [0.2, 0.25) is 0 Å². The third kappa shape index (κ3) is 3.17. The van der Waals surface area contributed by atoms with E-state index < -0.39 is 0 Å². The van der Waals surface area contributed by atoms with Gasteiger partial charge in [0.1, 0.15) is 17.4 Å². The van der Waals surface area contributed by atoms with Crippen molar-refractivity contribution in [1.29, 1.82) is 0 Å². The Balaban J connectivity index is 1.74. The largest absolute Gasteiger partial charge is 0.468 e. The number of nitrogens with one attached hydrogen (secondary N) is 1. The van der Waals surface area contributed by atoms with E-state index in [0.717, 1.165) is 36.2 Å². The number of furan rings is 1. The van der Waals surface area contributed by atoms with Crippen LogP contribution in [0, 0.1) is 6.92 Å². The van der Waals surface area contributed by atoms with E-state index in [1.165, 1.54) is 12.8 Å². The fourth-order valence-corrected chi connectivity index (χ4v) is 2.37. The van der Waals surface area contributed by atoms with Gasteiger partial charge in [-0.15, -0.1) is 0 Å². The average molecular weight is 272 g/mol. The van der Waals surface area contributed by atoms with Gasteiger partial charge in [0, 0.05) is 24.8 Å². The summed E-state index contributed by atoms with van der Waals surface area (Å²) in [6.45, 7) is 3.59. The normalized spacial score (nSPS) is 14.8. The summed E-state index contributed by atoms with van der Waals surface area (Å²) in [5.41, 5.74) is 0.994. The molecule has 1 aliphatic carbocycles. The number of aryl methyl sites for hydroxylation is 1. The van der Waals surface area contributed by atoms with Crippen molar-refractivity contribution in [3.63, 3.8) is 0 Å². The fourth-order valence-electron chi connectivity index (χ4n) is 2.37. The van der Waals surface area contributed by atoms with E-state index in [0.29, 0.717) is 6.04 Å². The summed E-state index contributed by atoms with van der Waals surface area (Å²) in [6, 6.07) is 6.55. The van der Waals surface area contributed by atoms with Crippen LogP contribution in [0.5, 0.6) is 0 Å². The molecule has 5 heteroatoms. The minimum atomic E-state index is 0.641. The van der Waals surface area contributed by atoms with E-state index in [4.69, 9.17) is 4.42 Å². The number of rotatable bonds is 6. The third-order valence-corrected chi connectivity index (χ3v) is 3.50. The minimum absolute atomic E-state index is 0.641. The Bertz CT molecular complexity index is 563. The first-order valence-electron chi connectivity index (χ1n) is 7.03. The van der Waals surface area contributed by atoms with Crippen LogP contribution in [-0.4, -0.2) is 28.0 Å². The van der Waals surface area contributed by atoms with Gasteiger partial charge in [0.2, 0.25) is 0 Å². The highest BCUT2D eigenvalue weighted by atomic mass is 16.3. The topological polar surface area (TPSA) is 54.2 Å². The van der Waals surface area contributed by atoms with Gasteiger partial charge in [-0.1, -0.05) is 0 Å². The molecule has 106 valence electrons. The molecule has 1 N–H and O–H groups in total. The van der Waals surface area contributed by atoms with Crippen molar-refractivity contribution in [2.75, 3.05) is 12.4 Å². The summed E-state index contributed by atoms with van der Waals surface area (Å²) in [4.78, 5) is 11.5. The van der Waals surface area contributed by atoms with Crippen LogP contribution in [0.3, 0.4) is 0 Å². The maximum atomic E-state index is 5.45. The first-order chi connectivity index (χ1) is 9.74. The summed E-state index contributed by atoms with van der Waals surface area (Å²) in [5.74, 6) is 2.74. The molecule has 0 amide bonds. The molecule has 2 heterocycles. The maximum Gasteiger partial charge on any atom is 0.144 e. The standard InChI is InChI=1S/C15H20N4O/c1-11-8-14(16-2)18-15(17-11)10-19(12-5-6-12)9-13-4-3-7-20-13/h3-4,7-8,12H,5-6,9-10H2,1-2H3,(H,16,17,18). The molecule has 0 spiro atoms. The van der Waals surface area contributed by atoms with Gasteiger partial charge >= 0.3 is 0 Å². The summed E-state index contributed by atoms with van der Waals surface area (Å²) in [5, 5.41) is 3.08. The van der Waals surface area contributed by atoms with Crippen molar-refractivity contribution in [3.05, 3.63) is 41.7 Å². The zero-order chi connectivity index (χ0) is 13.9. The Morgan fingerprint density at radius 2 is 2.20 bits per heavy atom. The van der Waals surface area contributed by atoms with Crippen LogP contribution in [0.15, 0.2) is 28.9 Å². The van der Waals surface area contributed by atoms with Gasteiger partial charge in [0.25, 0.3) is 0 Å². The van der Waals surface area contributed by atoms with Gasteiger partial charge in [-0.3, -0.25) is 4.90 Å². The van der Waals surface area contributed by atoms with Crippen LogP contribution >= 0.6 is 0 Å². The smallest absolute Gasteiger partial charge is 0.144 e. The highest BCUT2D eigenvalue weighted by Gasteiger charge is 2.30. The summed E-state index contributed by atoms with van der Waals surface area (Å²) in [7, 11) is 1.88. The molecular weight excluding hydrogens is 252 g/mol. The predicted octanol–water partition coefficient (Wildman–Crippen LogP) is 2.58. The molecule has 0 aliphatic heterocycles. The average Bonchev–Trinajstić information content (AvgIpc) is 3.16. The number of nitrogens with zero attached hydrogens (tertiary/aromatic N) is 3. The first-order valence-corrected chi connectivity index (χ1v) is 7.03. The lowest BCUT2D eigenvalue weighted by atomic mass is 10.3. The van der Waals surface area contributed by atoms with Gasteiger partial charge in [-0.2, -0.15) is 0 Å². The molecule has 0 bridgehead atoms. The molecule has 20 heavy (non-hydrogen) atoms. The highest BCUT2D eigenvalue weighted by molar-refractivity contribution is 5.34. The Hall–Kier alpha value is -1.88. The molecular formula is C15H20N4O. The van der Waals surface area contributed by atoms with Crippen molar-refractivity contribution in [2.45, 2.75) is 38.9 Å². The fraction of sp³-hybridized carbons (Fsp3) is 0.467. The quantitative estimate of drug-likeness (QED) is 0.876. The van der Waals surface area contributed by atoms with E-state index in [2.05, 4.69) is 20.2 Å². The lowest BCUT2D eigenvalue weighted by molar-refractivity contribution is 0.220. The van der Waals surface area contributed by atoms with Gasteiger partial charge in [-0.25, -0.2) is 9.97 Å². The lowest BCUT2D eigenvalue weighted by Gasteiger charge is -2.20. The molecule has 5 nitrogen and oxygen atoms in total. The Labute approximate surface area is 119 Å². The summed E-state index contributed by atoms with van der Waals surface area (Å²) < 4.78 is 5.45. The molecule has 0 saturated heterocycles. The first kappa shape index (κ1) is 13.1. The van der Waals surface area contributed by atoms with Crippen LogP contribution in [0.1, 0.15) is 30.1 Å². The van der Waals surface area contributed by atoms with E-state index >= 15 is 0 Å². The number of hydrogen-bond donors (Lipinski definition) is 1. The second kappa shape index (κ2) is 5.63. The second-order valence-corrected chi connectivity index (χ2v) is 5.28. The molecule has 1 fully saturated rings. The molecule has 2 aromatic heterocycles. The van der Waals surface area contributed by atoms with E-state index in [1.807, 2.05) is 32.2 Å². The SMILES string of the molecule is CNc1cc(C)nc(CN(Cc2ccco2)C2CC2)n1. The van der Waals surface area contributed by atoms with Crippen molar-refractivity contribution in [2.24, 2.45) is 0 Å². The van der Waals surface area contributed by atoms with Crippen LogP contribution in [0.25, 0.3) is 0 Å². The zero-order valence-corrected chi connectivity index (χ0v) is 12.0. The maximum absolute atomic E-state index is 5.45. The molecule has 1 aliphatic rings. The van der Waals surface area contributed by atoms with Crippen molar-refractivity contribution in [3.8, 4) is 0 Å². The number of hydrogen-bond acceptors (Lipinski definition) is 5. The molecule has 0 atom stereocenters. The van der Waals surface area contributed by atoms with E-state index in [-0.39, 0.29) is 0 Å². The summed E-state index contributed by atoms with van der Waals surface area (Å²) >= 11 is 0. The van der Waals surface area contributed by atoms with Crippen LogP contribution in [0.4, 0.5) is 5.82 Å². The molecule has 1 saturated carbocycles. The Morgan fingerprint density at radius 1 is 1.35 bits per heavy atom. The molecule has 0 unspecified atom stereocenters. The predicted molar refractivity (Wildman–Crippen MR) is 77.3 cm³/mol. The van der Waals surface area contributed by atoms with Gasteiger partial charge in [0.05, 0.1) is 19.4 Å². The van der Waals surface area contributed by atoms with Crippen molar-refractivity contribution < 1.29 is 4.42 Å². The highest BCUT2D eigenvalue weighted by Crippen LogP contribution is 2.29. The van der Waals surface area contributed by atoms with E-state index in [9.17, 15) is 0 Å². The Kier molecular flexibility index (Phi) is 3.69. The second-order valence-electron chi connectivity index (χ2n) is 5.28. The lowest BCUT2D eigenvalue weighted by Crippen LogP contribution is -2.26. The number of aromatic nitrogens is 2. The molecule has 2 aromatic rings. The monoisotopic (exact) mass is 272 g/mol. The molecule has 3 rings (SSSR count). The number of anilines is 1. The van der Waals surface area contributed by atoms with Gasteiger partial charge in [-0.05, 0) is 31.9 Å². The van der Waals surface area contributed by atoms with Crippen molar-refractivity contribution in [1.82, 2.24) is 14.9 Å². The molecule has 0 aromatic carbocycles. The summed E-state index contributed by atoms with van der Waals surface area (Å²) in [6.07, 6.45) is 4.24. The molecule has 0 radical (unpaired) electrons. The van der Waals surface area contributed by atoms with Gasteiger partial charge < -0.3 is 9.73 Å². The van der Waals surface area contributed by atoms with E-state index in [1.54, 1.807) is 6.26 Å². The minimum Gasteiger partial charge on any atom is -0.468 e. The Morgan fingerprint density at radius 3 is 2.85 bits per heavy atom. The van der Waals surface area contributed by atoms with Gasteiger partial charge in [0.15, 0.2) is 0 Å². The third-order valence-electron chi connectivity index (χ3n) is 3.50. The van der Waals surface area contributed by atoms with Crippen molar-refractivity contribution >= 4 is 5.82 Å². The zero-order valence-electron chi connectivity index (χ0n) is 12.0.